The number of nitrogens with one attached hydrogen (secondary N) is 2. The number of benzene rings is 3. The van der Waals surface area contributed by atoms with E-state index < -0.39 is 60.3 Å². The van der Waals surface area contributed by atoms with Gasteiger partial charge in [0.25, 0.3) is 0 Å². The molecular weight excluding hydrogens is 858 g/mol. The monoisotopic (exact) mass is 919 g/mol. The fourth-order valence-electron chi connectivity index (χ4n) is 7.17. The van der Waals surface area contributed by atoms with E-state index in [9.17, 15) is 27.7 Å². The second kappa shape index (κ2) is 23.6. The smallest absolute Gasteiger partial charge is 0.407 e. The molecule has 2 aliphatic rings. The number of carbonyl (C=O) groups is 2. The van der Waals surface area contributed by atoms with Crippen LogP contribution >= 0.6 is 7.60 Å². The molecule has 19 heteroatoms. The van der Waals surface area contributed by atoms with Gasteiger partial charge in [0.05, 0.1) is 62.7 Å². The summed E-state index contributed by atoms with van der Waals surface area (Å²) >= 11 is 0. The van der Waals surface area contributed by atoms with Crippen molar-refractivity contribution in [1.82, 2.24) is 14.9 Å². The second-order valence-electron chi connectivity index (χ2n) is 15.7. The van der Waals surface area contributed by atoms with Crippen molar-refractivity contribution in [2.45, 2.75) is 89.5 Å². The van der Waals surface area contributed by atoms with Crippen molar-refractivity contribution in [2.75, 3.05) is 59.3 Å². The molecule has 2 unspecified atom stereocenters. The predicted octanol–water partition coefficient (Wildman–Crippen LogP) is 5.53. The number of alkyl carbamates (subject to hydrolysis) is 1. The molecule has 348 valence electrons. The van der Waals surface area contributed by atoms with Gasteiger partial charge in [0.1, 0.15) is 11.9 Å². The molecule has 7 atom stereocenters. The van der Waals surface area contributed by atoms with Crippen molar-refractivity contribution in [1.29, 1.82) is 0 Å². The van der Waals surface area contributed by atoms with Crippen LogP contribution in [0.3, 0.4) is 0 Å². The van der Waals surface area contributed by atoms with Gasteiger partial charge in [-0.2, -0.15) is 4.31 Å². The lowest BCUT2D eigenvalue weighted by Crippen LogP contribution is -2.51. The third kappa shape index (κ3) is 14.4. The lowest BCUT2D eigenvalue weighted by atomic mass is 10.00. The summed E-state index contributed by atoms with van der Waals surface area (Å²) in [6.07, 6.45) is -3.49. The first-order valence-electron chi connectivity index (χ1n) is 21.3. The van der Waals surface area contributed by atoms with Gasteiger partial charge in [-0.3, -0.25) is 4.52 Å². The third-order valence-corrected chi connectivity index (χ3v) is 14.1. The van der Waals surface area contributed by atoms with Gasteiger partial charge < -0.3 is 48.7 Å². The number of ether oxygens (including phenoxy) is 6. The fraction of sp³-hybridized carbons (Fsp3) is 0.545. The molecule has 17 nitrogen and oxygen atoms in total. The third-order valence-electron chi connectivity index (χ3n) is 10.4. The Labute approximate surface area is 370 Å². The highest BCUT2D eigenvalue weighted by molar-refractivity contribution is 7.89. The van der Waals surface area contributed by atoms with Crippen LogP contribution in [-0.4, -0.2) is 120 Å². The first-order valence-corrected chi connectivity index (χ1v) is 24.5. The number of amides is 1. The Kier molecular flexibility index (Phi) is 18.6. The van der Waals surface area contributed by atoms with E-state index in [2.05, 4.69) is 10.6 Å². The van der Waals surface area contributed by atoms with Gasteiger partial charge in [0, 0.05) is 26.2 Å². The van der Waals surface area contributed by atoms with Gasteiger partial charge in [-0.1, -0.05) is 50.2 Å². The summed E-state index contributed by atoms with van der Waals surface area (Å²) < 4.78 is 87.8. The Morgan fingerprint density at radius 2 is 1.63 bits per heavy atom. The van der Waals surface area contributed by atoms with E-state index in [1.54, 1.807) is 43.3 Å². The van der Waals surface area contributed by atoms with Crippen molar-refractivity contribution in [3.05, 3.63) is 83.9 Å². The predicted molar refractivity (Wildman–Crippen MR) is 233 cm³/mol. The zero-order valence-electron chi connectivity index (χ0n) is 36.8. The maximum atomic E-state index is 14.1. The SMILES string of the molecule is CCOC(=O)[C@H](C)OP(=O)(CCNCc1ccc(C[C@H](NC(=O)OC2CO[C@H]3OCC[C@@H]23)[C@H](O)CN(CC(C)C)S(=O)(=O)c2ccc(OC)cc2)cc1)Oc1ccccc1OCC. The van der Waals surface area contributed by atoms with Crippen molar-refractivity contribution in [3.63, 3.8) is 0 Å². The summed E-state index contributed by atoms with van der Waals surface area (Å²) in [5.41, 5.74) is 1.61. The van der Waals surface area contributed by atoms with Crippen LogP contribution in [0, 0.1) is 11.8 Å². The molecule has 63 heavy (non-hydrogen) atoms. The highest BCUT2D eigenvalue weighted by Gasteiger charge is 2.44. The van der Waals surface area contributed by atoms with Gasteiger partial charge in [0.2, 0.25) is 10.0 Å². The van der Waals surface area contributed by atoms with Crippen LogP contribution in [0.4, 0.5) is 4.79 Å². The molecule has 0 spiro atoms. The number of rotatable bonds is 25. The number of carbonyl (C=O) groups excluding carboxylic acids is 2. The largest absolute Gasteiger partial charge is 0.497 e. The molecule has 3 aromatic rings. The van der Waals surface area contributed by atoms with E-state index in [1.807, 2.05) is 45.0 Å². The zero-order chi connectivity index (χ0) is 45.6. The molecule has 1 amide bonds. The number of esters is 1. The zero-order valence-corrected chi connectivity index (χ0v) is 38.5. The van der Waals surface area contributed by atoms with Crippen LogP contribution < -0.4 is 24.6 Å². The van der Waals surface area contributed by atoms with Gasteiger partial charge in [-0.05, 0) is 87.1 Å². The molecule has 3 aromatic carbocycles. The van der Waals surface area contributed by atoms with Gasteiger partial charge in [-0.25, -0.2) is 22.6 Å². The summed E-state index contributed by atoms with van der Waals surface area (Å²) in [7, 11) is -6.50. The quantitative estimate of drug-likeness (QED) is 0.0543. The van der Waals surface area contributed by atoms with E-state index in [1.165, 1.54) is 30.5 Å². The maximum absolute atomic E-state index is 14.1. The molecule has 0 radical (unpaired) electrons. The summed E-state index contributed by atoms with van der Waals surface area (Å²) in [5.74, 6) is 0.255. The minimum absolute atomic E-state index is 0.0415. The minimum Gasteiger partial charge on any atom is -0.497 e. The number of nitrogens with zero attached hydrogens (tertiary/aromatic N) is 1. The molecule has 0 saturated carbocycles. The summed E-state index contributed by atoms with van der Waals surface area (Å²) in [6.45, 7) is 10.2. The fourth-order valence-corrected chi connectivity index (χ4v) is 10.5. The molecule has 3 N–H and O–H groups in total. The Morgan fingerprint density at radius 3 is 2.30 bits per heavy atom. The van der Waals surface area contributed by atoms with E-state index in [4.69, 9.17) is 37.5 Å². The molecular formula is C44H62N3O14PS. The molecule has 2 aliphatic heterocycles. The number of methoxy groups -OCH3 is 1. The Morgan fingerprint density at radius 1 is 0.937 bits per heavy atom. The van der Waals surface area contributed by atoms with Crippen LogP contribution in [0.5, 0.6) is 17.2 Å². The minimum atomic E-state index is -4.06. The maximum Gasteiger partial charge on any atom is 0.407 e. The lowest BCUT2D eigenvalue weighted by Gasteiger charge is -2.31. The van der Waals surface area contributed by atoms with E-state index in [-0.39, 0.29) is 67.9 Å². The number of hydrogen-bond acceptors (Lipinski definition) is 15. The average molecular weight is 920 g/mol. The first kappa shape index (κ1) is 49.8. The Bertz CT molecular complexity index is 2070. The molecule has 2 saturated heterocycles. The molecule has 2 fully saturated rings. The first-order chi connectivity index (χ1) is 30.1. The highest BCUT2D eigenvalue weighted by Crippen LogP contribution is 2.51. The highest BCUT2D eigenvalue weighted by atomic mass is 32.2. The molecule has 5 rings (SSSR count). The summed E-state index contributed by atoms with van der Waals surface area (Å²) in [6, 6.07) is 19.3. The number of fused-ring (bicyclic) bond motifs is 1. The van der Waals surface area contributed by atoms with Crippen LogP contribution in [0.2, 0.25) is 0 Å². The Balaban J connectivity index is 1.27. The van der Waals surface area contributed by atoms with Gasteiger partial charge >= 0.3 is 19.7 Å². The summed E-state index contributed by atoms with van der Waals surface area (Å²) in [4.78, 5) is 25.9. The summed E-state index contributed by atoms with van der Waals surface area (Å²) in [5, 5.41) is 17.9. The van der Waals surface area contributed by atoms with Crippen LogP contribution in [0.25, 0.3) is 0 Å². The molecule has 0 bridgehead atoms. The number of aliphatic hydroxyl groups excluding tert-OH is 1. The lowest BCUT2D eigenvalue weighted by molar-refractivity contribution is -0.150. The van der Waals surface area contributed by atoms with Crippen LogP contribution in [-0.2, 0) is 55.8 Å². The van der Waals surface area contributed by atoms with Crippen LogP contribution in [0.1, 0.15) is 52.2 Å². The van der Waals surface area contributed by atoms with Crippen molar-refractivity contribution in [3.8, 4) is 17.2 Å². The average Bonchev–Trinajstić information content (AvgIpc) is 3.88. The van der Waals surface area contributed by atoms with Crippen molar-refractivity contribution in [2.24, 2.45) is 11.8 Å². The number of sulfonamides is 1. The number of para-hydroxylation sites is 2. The van der Waals surface area contributed by atoms with Crippen molar-refractivity contribution < 1.29 is 65.1 Å². The number of aliphatic hydroxyl groups is 1. The second-order valence-corrected chi connectivity index (χ2v) is 19.7. The standard InChI is InChI=1S/C44H62N3O14PS/c1-7-55-39-11-9-10-12-40(39)61-62(51,60-31(5)42(49)56-8-2)24-22-45-26-33-15-13-32(14-16-33)25-37(46-44(50)59-41-29-58-43-36(41)21-23-57-43)38(48)28-47(27-30(3)4)63(52,53)35-19-17-34(54-6)18-20-35/h9-20,30-31,36-38,41,43,45,48H,7-8,21-29H2,1-6H3,(H,46,50)/t31-,36-,37-,38+,41?,43+,62?/m0/s1. The van der Waals surface area contributed by atoms with Crippen LogP contribution in [0.15, 0.2) is 77.7 Å². The van der Waals surface area contributed by atoms with E-state index in [0.717, 1.165) is 11.1 Å². The van der Waals surface area contributed by atoms with Gasteiger partial charge in [0.15, 0.2) is 23.9 Å². The number of hydrogen-bond donors (Lipinski definition) is 3. The van der Waals surface area contributed by atoms with Gasteiger partial charge in [-0.15, -0.1) is 0 Å². The topological polar surface area (TPSA) is 207 Å². The van der Waals surface area contributed by atoms with E-state index >= 15 is 0 Å². The molecule has 0 aromatic heterocycles. The van der Waals surface area contributed by atoms with E-state index in [0.29, 0.717) is 37.7 Å². The normalized spacial score (nSPS) is 19.7. The Hall–Kier alpha value is -4.26. The van der Waals surface area contributed by atoms with Crippen molar-refractivity contribution >= 4 is 29.7 Å². The molecule has 0 aliphatic carbocycles. The molecule has 2 heterocycles.